The quantitative estimate of drug-likeness (QED) is 0.849. The molecule has 1 fully saturated rings. The van der Waals surface area contributed by atoms with Crippen molar-refractivity contribution in [2.75, 3.05) is 37.5 Å². The molecule has 2 aromatic rings. The summed E-state index contributed by atoms with van der Waals surface area (Å²) in [4.78, 5) is 11.2. The highest BCUT2D eigenvalue weighted by atomic mass is 16.5. The van der Waals surface area contributed by atoms with Crippen molar-refractivity contribution in [2.45, 2.75) is 19.0 Å². The van der Waals surface area contributed by atoms with Crippen molar-refractivity contribution in [1.29, 1.82) is 0 Å². The number of ether oxygens (including phenoxy) is 1. The first kappa shape index (κ1) is 15.6. The smallest absolute Gasteiger partial charge is 0.224 e. The molecule has 2 N–H and O–H groups in total. The predicted molar refractivity (Wildman–Crippen MR) is 92.0 cm³/mol. The molecule has 0 aliphatic carbocycles. The summed E-state index contributed by atoms with van der Waals surface area (Å²) in [7, 11) is 3.68. The standard InChI is InChI=1S/C17H23N5O/c1-18-14-8-10-22(12-14)16-7-9-19-17(21-16)20-11-13-3-5-15(23-2)6-4-13/h3-7,9,14,18H,8,10-12H2,1-2H3,(H,19,20,21)/t14-/m1/s1. The number of rotatable bonds is 6. The highest BCUT2D eigenvalue weighted by molar-refractivity contribution is 5.44. The second kappa shape index (κ2) is 7.28. The summed E-state index contributed by atoms with van der Waals surface area (Å²) in [6.07, 6.45) is 2.96. The van der Waals surface area contributed by atoms with E-state index < -0.39 is 0 Å². The van der Waals surface area contributed by atoms with Crippen LogP contribution in [0.1, 0.15) is 12.0 Å². The lowest BCUT2D eigenvalue weighted by molar-refractivity contribution is 0.414. The summed E-state index contributed by atoms with van der Waals surface area (Å²) in [6, 6.07) is 10.5. The summed E-state index contributed by atoms with van der Waals surface area (Å²) in [5.74, 6) is 2.50. The van der Waals surface area contributed by atoms with Crippen molar-refractivity contribution in [3.05, 3.63) is 42.1 Å². The molecule has 1 aromatic carbocycles. The highest BCUT2D eigenvalue weighted by Crippen LogP contribution is 2.19. The molecule has 0 spiro atoms. The molecule has 122 valence electrons. The van der Waals surface area contributed by atoms with Crippen LogP contribution in [0.25, 0.3) is 0 Å². The van der Waals surface area contributed by atoms with Crippen molar-refractivity contribution in [2.24, 2.45) is 0 Å². The number of hydrogen-bond donors (Lipinski definition) is 2. The van der Waals surface area contributed by atoms with Crippen LogP contribution in [0.3, 0.4) is 0 Å². The van der Waals surface area contributed by atoms with E-state index in [0.717, 1.165) is 36.6 Å². The number of benzene rings is 1. The monoisotopic (exact) mass is 313 g/mol. The molecule has 1 aliphatic heterocycles. The van der Waals surface area contributed by atoms with Gasteiger partial charge in [-0.2, -0.15) is 4.98 Å². The minimum Gasteiger partial charge on any atom is -0.497 e. The number of nitrogens with one attached hydrogen (secondary N) is 2. The molecule has 6 nitrogen and oxygen atoms in total. The maximum Gasteiger partial charge on any atom is 0.224 e. The zero-order valence-electron chi connectivity index (χ0n) is 13.6. The van der Waals surface area contributed by atoms with Gasteiger partial charge in [0.15, 0.2) is 0 Å². The van der Waals surface area contributed by atoms with Gasteiger partial charge in [-0.05, 0) is 37.2 Å². The van der Waals surface area contributed by atoms with Gasteiger partial charge < -0.3 is 20.3 Å². The first-order valence-electron chi connectivity index (χ1n) is 7.90. The van der Waals surface area contributed by atoms with E-state index in [-0.39, 0.29) is 0 Å². The van der Waals surface area contributed by atoms with E-state index in [1.54, 1.807) is 7.11 Å². The Morgan fingerprint density at radius 1 is 1.26 bits per heavy atom. The first-order chi connectivity index (χ1) is 11.3. The number of hydrogen-bond acceptors (Lipinski definition) is 6. The summed E-state index contributed by atoms with van der Waals surface area (Å²) in [5, 5.41) is 6.61. The van der Waals surface area contributed by atoms with Crippen LogP contribution in [0.15, 0.2) is 36.5 Å². The van der Waals surface area contributed by atoms with E-state index in [4.69, 9.17) is 4.74 Å². The van der Waals surface area contributed by atoms with Crippen LogP contribution >= 0.6 is 0 Å². The normalized spacial score (nSPS) is 17.3. The van der Waals surface area contributed by atoms with E-state index in [2.05, 4.69) is 25.5 Å². The Kier molecular flexibility index (Phi) is 4.92. The summed E-state index contributed by atoms with van der Waals surface area (Å²) < 4.78 is 5.17. The molecule has 0 radical (unpaired) electrons. The van der Waals surface area contributed by atoms with Gasteiger partial charge in [-0.1, -0.05) is 12.1 Å². The third-order valence-electron chi connectivity index (χ3n) is 4.17. The second-order valence-corrected chi connectivity index (χ2v) is 5.66. The van der Waals surface area contributed by atoms with Crippen molar-refractivity contribution >= 4 is 11.8 Å². The molecule has 1 aromatic heterocycles. The third kappa shape index (κ3) is 3.90. The Bertz CT molecular complexity index is 631. The van der Waals surface area contributed by atoms with Gasteiger partial charge in [0.25, 0.3) is 0 Å². The van der Waals surface area contributed by atoms with Crippen LogP contribution in [-0.2, 0) is 6.54 Å². The third-order valence-corrected chi connectivity index (χ3v) is 4.17. The maximum atomic E-state index is 5.17. The Morgan fingerprint density at radius 2 is 2.09 bits per heavy atom. The molecule has 1 aliphatic rings. The van der Waals surface area contributed by atoms with Gasteiger partial charge in [0.2, 0.25) is 5.95 Å². The van der Waals surface area contributed by atoms with Gasteiger partial charge in [-0.3, -0.25) is 0 Å². The van der Waals surface area contributed by atoms with Crippen molar-refractivity contribution in [3.63, 3.8) is 0 Å². The molecule has 2 heterocycles. The van der Waals surface area contributed by atoms with Crippen LogP contribution in [0, 0.1) is 0 Å². The molecular formula is C17H23N5O. The van der Waals surface area contributed by atoms with E-state index in [1.807, 2.05) is 43.6 Å². The summed E-state index contributed by atoms with van der Waals surface area (Å²) in [5.41, 5.74) is 1.16. The van der Waals surface area contributed by atoms with Crippen LogP contribution in [-0.4, -0.2) is 43.3 Å². The van der Waals surface area contributed by atoms with Gasteiger partial charge in [0.1, 0.15) is 11.6 Å². The van der Waals surface area contributed by atoms with Crippen LogP contribution in [0.4, 0.5) is 11.8 Å². The fraction of sp³-hybridized carbons (Fsp3) is 0.412. The highest BCUT2D eigenvalue weighted by Gasteiger charge is 2.22. The topological polar surface area (TPSA) is 62.3 Å². The lowest BCUT2D eigenvalue weighted by Gasteiger charge is -2.18. The number of anilines is 2. The Balaban J connectivity index is 1.61. The fourth-order valence-electron chi connectivity index (χ4n) is 2.74. The van der Waals surface area contributed by atoms with Crippen molar-refractivity contribution in [3.8, 4) is 5.75 Å². The minimum absolute atomic E-state index is 0.542. The van der Waals surface area contributed by atoms with Gasteiger partial charge in [-0.15, -0.1) is 0 Å². The van der Waals surface area contributed by atoms with E-state index >= 15 is 0 Å². The Labute approximate surface area is 136 Å². The molecule has 1 atom stereocenters. The largest absolute Gasteiger partial charge is 0.497 e. The summed E-state index contributed by atoms with van der Waals surface area (Å²) >= 11 is 0. The molecule has 3 rings (SSSR count). The molecule has 0 unspecified atom stereocenters. The number of nitrogens with zero attached hydrogens (tertiary/aromatic N) is 3. The fourth-order valence-corrected chi connectivity index (χ4v) is 2.74. The lowest BCUT2D eigenvalue weighted by atomic mass is 10.2. The second-order valence-electron chi connectivity index (χ2n) is 5.66. The average molecular weight is 313 g/mol. The zero-order chi connectivity index (χ0) is 16.1. The molecule has 0 saturated carbocycles. The van der Waals surface area contributed by atoms with Gasteiger partial charge in [0.05, 0.1) is 7.11 Å². The molecule has 0 bridgehead atoms. The van der Waals surface area contributed by atoms with Crippen molar-refractivity contribution in [1.82, 2.24) is 15.3 Å². The van der Waals surface area contributed by atoms with E-state index in [1.165, 1.54) is 0 Å². The zero-order valence-corrected chi connectivity index (χ0v) is 13.6. The average Bonchev–Trinajstić information content (AvgIpc) is 3.10. The molecule has 1 saturated heterocycles. The van der Waals surface area contributed by atoms with E-state index in [0.29, 0.717) is 18.5 Å². The Hall–Kier alpha value is -2.34. The lowest BCUT2D eigenvalue weighted by Crippen LogP contribution is -2.29. The molecule has 0 amide bonds. The number of aromatic nitrogens is 2. The molecule has 23 heavy (non-hydrogen) atoms. The Morgan fingerprint density at radius 3 is 2.78 bits per heavy atom. The van der Waals surface area contributed by atoms with Crippen LogP contribution in [0.5, 0.6) is 5.75 Å². The maximum absolute atomic E-state index is 5.17. The first-order valence-corrected chi connectivity index (χ1v) is 7.90. The van der Waals surface area contributed by atoms with Gasteiger partial charge >= 0.3 is 0 Å². The predicted octanol–water partition coefficient (Wildman–Crippen LogP) is 1.90. The SMILES string of the molecule is CN[C@@H]1CCN(c2ccnc(NCc3ccc(OC)cc3)n2)C1. The van der Waals surface area contributed by atoms with Crippen LogP contribution < -0.4 is 20.3 Å². The molecule has 6 heteroatoms. The minimum atomic E-state index is 0.542. The van der Waals surface area contributed by atoms with Crippen LogP contribution in [0.2, 0.25) is 0 Å². The van der Waals surface area contributed by atoms with Gasteiger partial charge in [0, 0.05) is 31.9 Å². The molecular weight excluding hydrogens is 290 g/mol. The number of methoxy groups -OCH3 is 1. The van der Waals surface area contributed by atoms with Gasteiger partial charge in [-0.25, -0.2) is 4.98 Å². The van der Waals surface area contributed by atoms with E-state index in [9.17, 15) is 0 Å². The summed E-state index contributed by atoms with van der Waals surface area (Å²) in [6.45, 7) is 2.71. The van der Waals surface area contributed by atoms with Crippen molar-refractivity contribution < 1.29 is 4.74 Å². The number of likely N-dealkylation sites (N-methyl/N-ethyl adjacent to an activating group) is 1.